The van der Waals surface area contributed by atoms with E-state index in [2.05, 4.69) is 260 Å². The Labute approximate surface area is 486 Å². The van der Waals surface area contributed by atoms with Crippen LogP contribution in [0.2, 0.25) is 0 Å². The van der Waals surface area contributed by atoms with E-state index in [-0.39, 0.29) is 0 Å². The lowest BCUT2D eigenvalue weighted by Crippen LogP contribution is -2.55. The van der Waals surface area contributed by atoms with Crippen LogP contribution in [0.5, 0.6) is 5.75 Å². The van der Waals surface area contributed by atoms with Gasteiger partial charge in [-0.05, 0) is 104 Å². The van der Waals surface area contributed by atoms with Crippen LogP contribution in [0.3, 0.4) is 0 Å². The van der Waals surface area contributed by atoms with Crippen LogP contribution in [0.1, 0.15) is 18.7 Å². The molecule has 0 amide bonds. The van der Waals surface area contributed by atoms with E-state index in [1.165, 1.54) is 60.3 Å². The zero-order valence-corrected chi connectivity index (χ0v) is 48.0. The first-order valence-electron chi connectivity index (χ1n) is 28.7. The van der Waals surface area contributed by atoms with Crippen LogP contribution in [0.15, 0.2) is 188 Å². The van der Waals surface area contributed by atoms with Gasteiger partial charge in [-0.3, -0.25) is 4.57 Å². The van der Waals surface area contributed by atoms with Crippen LogP contribution in [0, 0.1) is 0 Å². The third kappa shape index (κ3) is 8.02. The normalized spacial score (nSPS) is 12.6. The Bertz CT molecular complexity index is 4780. The number of hydrogen-bond acceptors (Lipinski definition) is 4. The van der Waals surface area contributed by atoms with E-state index >= 15 is 0 Å². The number of phenols is 1. The molecule has 6 nitrogen and oxygen atoms in total. The predicted octanol–water partition coefficient (Wildman–Crippen LogP) is 1.32. The summed E-state index contributed by atoms with van der Waals surface area (Å²) in [5.74, 6) is 2.12. The van der Waals surface area contributed by atoms with Gasteiger partial charge in [-0.15, -0.1) is 16.4 Å². The summed E-state index contributed by atoms with van der Waals surface area (Å²) in [7, 11) is 19.7. The van der Waals surface area contributed by atoms with E-state index in [1.54, 1.807) is 0 Å². The average molecular weight is 1040 g/mol. The molecule has 1 aliphatic rings. The van der Waals surface area contributed by atoms with Crippen molar-refractivity contribution in [3.8, 4) is 73.3 Å². The molecular weight excluding hydrogens is 988 g/mol. The van der Waals surface area contributed by atoms with Crippen molar-refractivity contribution >= 4 is 180 Å². The minimum absolute atomic E-state index is 0.344. The second kappa shape index (κ2) is 19.9. The molecule has 13 aromatic rings. The molecule has 14 rings (SSSR count). The molecule has 0 atom stereocenters. The minimum Gasteiger partial charge on any atom is -0.509 e. The van der Waals surface area contributed by atoms with Crippen molar-refractivity contribution in [2.75, 3.05) is 0 Å². The smallest absolute Gasteiger partial charge is 0.238 e. The summed E-state index contributed by atoms with van der Waals surface area (Å²) in [6.45, 7) is 0. The number of benzene rings is 10. The van der Waals surface area contributed by atoms with Crippen LogP contribution >= 0.6 is 0 Å². The largest absolute Gasteiger partial charge is 0.509 e. The van der Waals surface area contributed by atoms with Crippen molar-refractivity contribution in [3.05, 3.63) is 194 Å². The highest BCUT2D eigenvalue weighted by atomic mass is 16.3. The first-order valence-corrected chi connectivity index (χ1v) is 28.7. The van der Waals surface area contributed by atoms with Gasteiger partial charge in [0.05, 0.1) is 22.1 Å². The van der Waals surface area contributed by atoms with Gasteiger partial charge in [-0.25, -0.2) is 4.98 Å². The number of para-hydroxylation sites is 2. The highest BCUT2D eigenvalue weighted by molar-refractivity contribution is 6.69. The predicted molar refractivity (Wildman–Crippen MR) is 375 cm³/mol. The molecule has 0 saturated heterocycles. The number of allylic oxidation sites excluding steroid dienone is 4. The summed E-state index contributed by atoms with van der Waals surface area (Å²) in [5, 5.41) is 18.7. The average Bonchev–Trinajstić information content (AvgIpc) is 1.87. The molecular formula is C67H54B9N5O. The molecule has 10 aromatic carbocycles. The second-order valence-electron chi connectivity index (χ2n) is 22.6. The number of nitrogens with zero attached hydrogens (tertiary/aromatic N) is 5. The van der Waals surface area contributed by atoms with Crippen molar-refractivity contribution in [3.63, 3.8) is 0 Å². The fourth-order valence-electron chi connectivity index (χ4n) is 13.4. The van der Waals surface area contributed by atoms with E-state index in [4.69, 9.17) is 15.0 Å². The maximum atomic E-state index is 11.8. The fourth-order valence-corrected chi connectivity index (χ4v) is 13.4. The first kappa shape index (κ1) is 51.1. The lowest BCUT2D eigenvalue weighted by atomic mass is 9.59. The Morgan fingerprint density at radius 3 is 1.51 bits per heavy atom. The van der Waals surface area contributed by atoms with Gasteiger partial charge in [0.2, 0.25) is 5.95 Å². The zero-order valence-electron chi connectivity index (χ0n) is 48.0. The number of hydrogen-bond donors (Lipinski definition) is 1. The highest BCUT2D eigenvalue weighted by Crippen LogP contribution is 2.43. The Hall–Kier alpha value is -9.07. The first-order chi connectivity index (χ1) is 39.9. The molecule has 0 fully saturated rings. The summed E-state index contributed by atoms with van der Waals surface area (Å²) in [5.41, 5.74) is 26.7. The molecule has 0 bridgehead atoms. The summed E-state index contributed by atoms with van der Waals surface area (Å²) < 4.78 is 4.77. The fraction of sp³-hybridized carbons (Fsp3) is 0.0299. The van der Waals surface area contributed by atoms with Crippen molar-refractivity contribution in [1.29, 1.82) is 0 Å². The molecule has 1 N–H and O–H groups in total. The van der Waals surface area contributed by atoms with E-state index < -0.39 is 0 Å². The minimum atomic E-state index is 0.344. The van der Waals surface area contributed by atoms with Crippen molar-refractivity contribution in [2.45, 2.75) is 12.8 Å². The topological polar surface area (TPSA) is 68.8 Å². The van der Waals surface area contributed by atoms with E-state index in [9.17, 15) is 5.11 Å². The molecule has 0 aliphatic heterocycles. The van der Waals surface area contributed by atoms with Gasteiger partial charge in [0.15, 0.2) is 11.6 Å². The van der Waals surface area contributed by atoms with Gasteiger partial charge in [0, 0.05) is 38.4 Å². The Kier molecular flexibility index (Phi) is 12.4. The van der Waals surface area contributed by atoms with E-state index in [1.807, 2.05) is 7.85 Å². The third-order valence-electron chi connectivity index (χ3n) is 18.3. The molecule has 0 radical (unpaired) electrons. The van der Waals surface area contributed by atoms with Crippen molar-refractivity contribution in [2.24, 2.45) is 0 Å². The van der Waals surface area contributed by atoms with Gasteiger partial charge in [0.1, 0.15) is 76.4 Å². The maximum Gasteiger partial charge on any atom is 0.238 e. The van der Waals surface area contributed by atoms with E-state index in [0.717, 1.165) is 117 Å². The monoisotopic (exact) mass is 1040 g/mol. The summed E-state index contributed by atoms with van der Waals surface area (Å²) in [4.78, 5) is 16.4. The van der Waals surface area contributed by atoms with E-state index in [0.29, 0.717) is 23.3 Å². The molecule has 1 aliphatic carbocycles. The molecule has 0 unspecified atom stereocenters. The van der Waals surface area contributed by atoms with Gasteiger partial charge < -0.3 is 9.67 Å². The SMILES string of the molecule is Bc1c(B)c(B)c(-c2cc(-c3c(B)c(B)c(B)c(O)c3B)cc(-n3c4ccccc4c4ccc5c6ccccc6n(-c6nc(C7=CCCC=C7)nc(-c7ccc(-c8cccc9cccc(-c%10ccccc%10)c89)cc7)n6)c5c43)c2)c(B)c1B. The molecule has 380 valence electrons. The van der Waals surface area contributed by atoms with Gasteiger partial charge in [-0.1, -0.05) is 185 Å². The molecule has 3 heterocycles. The highest BCUT2D eigenvalue weighted by Gasteiger charge is 2.26. The Balaban J connectivity index is 1.04. The van der Waals surface area contributed by atoms with Crippen LogP contribution < -0.4 is 49.2 Å². The number of fused-ring (bicyclic) bond motifs is 8. The molecule has 82 heavy (non-hydrogen) atoms. The van der Waals surface area contributed by atoms with Crippen molar-refractivity contribution < 1.29 is 5.11 Å². The molecule has 3 aromatic heterocycles. The number of aromatic nitrogens is 5. The Morgan fingerprint density at radius 2 is 0.902 bits per heavy atom. The number of phenolic OH excluding ortho intramolecular Hbond substituents is 1. The Morgan fingerprint density at radius 1 is 0.390 bits per heavy atom. The number of rotatable bonds is 8. The van der Waals surface area contributed by atoms with Crippen LogP contribution in [-0.2, 0) is 0 Å². The van der Waals surface area contributed by atoms with Crippen LogP contribution in [0.25, 0.3) is 127 Å². The standard InChI is InChI=1S/C67H54B9N5O/c68-53-51(54(69)58(73)60(75)57(53)72)39-31-40(52-55(70)59(74)61(76)64(82)56(52)71)33-41(32-39)80-48-23-9-7-19-44(48)46-29-30-47-45-20-8-10-24-49(45)81(63(47)62(46)80)67-78-65(37-15-5-2-6-16-37)77-66(79-67)38-27-25-35(26-28-38)43-22-12-18-36-17-11-21-42(50(36)43)34-13-3-1-4-14-34/h1,3-5,7-33,82H,2,6,68-76H2. The zero-order chi connectivity index (χ0) is 56.2. The van der Waals surface area contributed by atoms with Gasteiger partial charge in [-0.2, -0.15) is 9.97 Å². The van der Waals surface area contributed by atoms with Crippen molar-refractivity contribution in [1.82, 2.24) is 24.1 Å². The van der Waals surface area contributed by atoms with Crippen LogP contribution in [0.4, 0.5) is 0 Å². The third-order valence-corrected chi connectivity index (χ3v) is 18.3. The molecule has 15 heteroatoms. The lowest BCUT2D eigenvalue weighted by Gasteiger charge is -2.24. The maximum absolute atomic E-state index is 11.8. The van der Waals surface area contributed by atoms with Crippen LogP contribution in [-0.4, -0.2) is 99.8 Å². The number of aromatic hydroxyl groups is 1. The quantitative estimate of drug-likeness (QED) is 0.234. The van der Waals surface area contributed by atoms with Gasteiger partial charge >= 0.3 is 0 Å². The lowest BCUT2D eigenvalue weighted by molar-refractivity contribution is 0.484. The van der Waals surface area contributed by atoms with Gasteiger partial charge in [0.25, 0.3) is 0 Å². The summed E-state index contributed by atoms with van der Waals surface area (Å²) in [6, 6.07) is 61.7. The molecule has 0 saturated carbocycles. The summed E-state index contributed by atoms with van der Waals surface area (Å²) in [6.07, 6.45) is 8.51. The second-order valence-corrected chi connectivity index (χ2v) is 22.6. The molecule has 0 spiro atoms. The summed E-state index contributed by atoms with van der Waals surface area (Å²) >= 11 is 0.